The van der Waals surface area contributed by atoms with Crippen LogP contribution in [-0.4, -0.2) is 53.0 Å². The maximum Gasteiger partial charge on any atom is 0.269 e. The zero-order valence-electron chi connectivity index (χ0n) is 20.7. The summed E-state index contributed by atoms with van der Waals surface area (Å²) in [5.41, 5.74) is 2.15. The van der Waals surface area contributed by atoms with Crippen molar-refractivity contribution in [1.82, 2.24) is 9.80 Å². The fourth-order valence-electron chi connectivity index (χ4n) is 4.49. The van der Waals surface area contributed by atoms with Crippen molar-refractivity contribution >= 4 is 11.6 Å². The normalized spacial score (nSPS) is 15.3. The van der Waals surface area contributed by atoms with Crippen LogP contribution in [0.1, 0.15) is 35.5 Å². The van der Waals surface area contributed by atoms with Crippen molar-refractivity contribution in [3.8, 4) is 0 Å². The predicted octanol–water partition coefficient (Wildman–Crippen LogP) is 4.75. The molecule has 1 aliphatic heterocycles. The van der Waals surface area contributed by atoms with Crippen molar-refractivity contribution in [2.75, 3.05) is 26.2 Å². The van der Waals surface area contributed by atoms with Crippen molar-refractivity contribution in [2.24, 2.45) is 0 Å². The first-order valence-electron chi connectivity index (χ1n) is 12.4. The summed E-state index contributed by atoms with van der Waals surface area (Å²) in [5.74, 6) is 1.59. The summed E-state index contributed by atoms with van der Waals surface area (Å²) in [7, 11) is 0. The molecule has 1 saturated heterocycles. The van der Waals surface area contributed by atoms with Crippen molar-refractivity contribution in [3.05, 3.63) is 99.5 Å². The van der Waals surface area contributed by atoms with Gasteiger partial charge in [0.05, 0.1) is 24.1 Å². The monoisotopic (exact) mass is 491 g/mol. The second-order valence-electron chi connectivity index (χ2n) is 9.29. The molecule has 190 valence electrons. The summed E-state index contributed by atoms with van der Waals surface area (Å²) < 4.78 is 11.6. The zero-order chi connectivity index (χ0) is 25.3. The number of hydrogen-bond donors (Lipinski definition) is 0. The Balaban J connectivity index is 1.47. The Hall–Kier alpha value is -3.49. The Labute approximate surface area is 211 Å². The van der Waals surface area contributed by atoms with E-state index in [4.69, 9.17) is 9.15 Å². The first-order chi connectivity index (χ1) is 17.5. The quantitative estimate of drug-likeness (QED) is 0.268. The molecule has 0 saturated carbocycles. The minimum Gasteiger partial charge on any atom is -0.464 e. The Morgan fingerprint density at radius 1 is 1.03 bits per heavy atom. The number of ether oxygens (including phenoxy) is 1. The maximum absolute atomic E-state index is 13.6. The SMILES string of the molecule is Cc1ccc(CN(CCc2ccccc2)C(=O)CN(Cc2ccc([N+](=O)[O-])cc2)C[C@@H]2CCCO2)o1. The molecular formula is C28H33N3O5. The number of rotatable bonds is 12. The van der Waals surface area contributed by atoms with Crippen molar-refractivity contribution in [3.63, 3.8) is 0 Å². The third kappa shape index (κ3) is 7.50. The van der Waals surface area contributed by atoms with E-state index in [9.17, 15) is 14.9 Å². The third-order valence-corrected chi connectivity index (χ3v) is 6.41. The number of nitrogens with zero attached hydrogens (tertiary/aromatic N) is 3. The van der Waals surface area contributed by atoms with Gasteiger partial charge < -0.3 is 14.1 Å². The van der Waals surface area contributed by atoms with E-state index in [1.165, 1.54) is 17.7 Å². The number of amides is 1. The van der Waals surface area contributed by atoms with Crippen molar-refractivity contribution < 1.29 is 18.9 Å². The first-order valence-corrected chi connectivity index (χ1v) is 12.4. The van der Waals surface area contributed by atoms with E-state index in [-0.39, 0.29) is 24.2 Å². The largest absolute Gasteiger partial charge is 0.464 e. The molecule has 1 fully saturated rings. The number of benzene rings is 2. The van der Waals surface area contributed by atoms with Crippen molar-refractivity contribution in [2.45, 2.75) is 45.4 Å². The van der Waals surface area contributed by atoms with Gasteiger partial charge in [0.25, 0.3) is 5.69 Å². The number of nitro groups is 1. The molecule has 1 atom stereocenters. The number of non-ortho nitro benzene ring substituents is 1. The summed E-state index contributed by atoms with van der Waals surface area (Å²) in [6, 6.07) is 20.5. The van der Waals surface area contributed by atoms with Gasteiger partial charge in [-0.2, -0.15) is 0 Å². The number of aryl methyl sites for hydroxylation is 1. The highest BCUT2D eigenvalue weighted by Gasteiger charge is 2.24. The molecular weight excluding hydrogens is 458 g/mol. The molecule has 0 bridgehead atoms. The molecule has 0 spiro atoms. The van der Waals surface area contributed by atoms with Gasteiger partial charge in [0.2, 0.25) is 5.91 Å². The lowest BCUT2D eigenvalue weighted by Crippen LogP contribution is -2.43. The van der Waals surface area contributed by atoms with Crippen LogP contribution in [0.4, 0.5) is 5.69 Å². The highest BCUT2D eigenvalue weighted by molar-refractivity contribution is 5.78. The van der Waals surface area contributed by atoms with Gasteiger partial charge in [0, 0.05) is 38.4 Å². The number of hydrogen-bond acceptors (Lipinski definition) is 6. The Morgan fingerprint density at radius 3 is 2.44 bits per heavy atom. The lowest BCUT2D eigenvalue weighted by molar-refractivity contribution is -0.384. The van der Waals surface area contributed by atoms with E-state index in [0.717, 1.165) is 43.0 Å². The Bertz CT molecular complexity index is 1120. The van der Waals surface area contributed by atoms with Crippen LogP contribution in [0.3, 0.4) is 0 Å². The number of carbonyl (C=O) groups is 1. The molecule has 2 aromatic carbocycles. The lowest BCUT2D eigenvalue weighted by atomic mass is 10.1. The summed E-state index contributed by atoms with van der Waals surface area (Å²) in [6.07, 6.45) is 2.82. The molecule has 0 aliphatic carbocycles. The molecule has 0 unspecified atom stereocenters. The summed E-state index contributed by atoms with van der Waals surface area (Å²) >= 11 is 0. The Morgan fingerprint density at radius 2 is 1.81 bits per heavy atom. The Kier molecular flexibility index (Phi) is 8.86. The smallest absolute Gasteiger partial charge is 0.269 e. The summed E-state index contributed by atoms with van der Waals surface area (Å²) in [5, 5.41) is 11.0. The topological polar surface area (TPSA) is 89.1 Å². The molecule has 4 rings (SSSR count). The number of nitro benzene ring substituents is 1. The van der Waals surface area contributed by atoms with Crippen LogP contribution in [0.25, 0.3) is 0 Å². The first kappa shape index (κ1) is 25.6. The number of carbonyl (C=O) groups excluding carboxylic acids is 1. The van der Waals surface area contributed by atoms with Crippen LogP contribution in [0, 0.1) is 17.0 Å². The van der Waals surface area contributed by atoms with E-state index < -0.39 is 4.92 Å². The average molecular weight is 492 g/mol. The summed E-state index contributed by atoms with van der Waals surface area (Å²) in [4.78, 5) is 28.2. The molecule has 2 heterocycles. The van der Waals surface area contributed by atoms with Crippen LogP contribution in [0.2, 0.25) is 0 Å². The van der Waals surface area contributed by atoms with Gasteiger partial charge in [-0.15, -0.1) is 0 Å². The zero-order valence-corrected chi connectivity index (χ0v) is 20.7. The van der Waals surface area contributed by atoms with Gasteiger partial charge in [0.15, 0.2) is 0 Å². The molecule has 1 aliphatic rings. The molecule has 1 amide bonds. The molecule has 0 radical (unpaired) electrons. The van der Waals surface area contributed by atoms with E-state index in [1.807, 2.05) is 42.2 Å². The van der Waals surface area contributed by atoms with Crippen LogP contribution < -0.4 is 0 Å². The molecule has 1 aromatic heterocycles. The lowest BCUT2D eigenvalue weighted by Gasteiger charge is -2.29. The van der Waals surface area contributed by atoms with Gasteiger partial charge >= 0.3 is 0 Å². The van der Waals surface area contributed by atoms with Gasteiger partial charge in [-0.05, 0) is 49.4 Å². The highest BCUT2D eigenvalue weighted by Crippen LogP contribution is 2.18. The average Bonchev–Trinajstić information content (AvgIpc) is 3.54. The highest BCUT2D eigenvalue weighted by atomic mass is 16.6. The fraction of sp³-hybridized carbons (Fsp3) is 0.393. The van der Waals surface area contributed by atoms with Gasteiger partial charge in [0.1, 0.15) is 11.5 Å². The van der Waals surface area contributed by atoms with E-state index in [1.54, 1.807) is 12.1 Å². The van der Waals surface area contributed by atoms with Crippen LogP contribution in [0.15, 0.2) is 71.1 Å². The summed E-state index contributed by atoms with van der Waals surface area (Å²) in [6.45, 7) is 4.99. The predicted molar refractivity (Wildman–Crippen MR) is 136 cm³/mol. The fourth-order valence-corrected chi connectivity index (χ4v) is 4.49. The molecule has 8 nitrogen and oxygen atoms in total. The molecule has 8 heteroatoms. The van der Waals surface area contributed by atoms with E-state index >= 15 is 0 Å². The molecule has 0 N–H and O–H groups in total. The van der Waals surface area contributed by atoms with Crippen LogP contribution in [0.5, 0.6) is 0 Å². The number of furan rings is 1. The van der Waals surface area contributed by atoms with Gasteiger partial charge in [-0.1, -0.05) is 42.5 Å². The molecule has 36 heavy (non-hydrogen) atoms. The third-order valence-electron chi connectivity index (χ3n) is 6.41. The van der Waals surface area contributed by atoms with Crippen molar-refractivity contribution in [1.29, 1.82) is 0 Å². The second-order valence-corrected chi connectivity index (χ2v) is 9.29. The van der Waals surface area contributed by atoms with E-state index in [0.29, 0.717) is 26.2 Å². The van der Waals surface area contributed by atoms with E-state index in [2.05, 4.69) is 17.0 Å². The van der Waals surface area contributed by atoms with Gasteiger partial charge in [-0.3, -0.25) is 19.8 Å². The second kappa shape index (κ2) is 12.5. The van der Waals surface area contributed by atoms with Gasteiger partial charge in [-0.25, -0.2) is 0 Å². The standard InChI is InChI=1S/C28H33N3O5/c1-22-9-14-27(36-22)20-30(16-15-23-6-3-2-4-7-23)28(32)21-29(19-26-8-5-17-35-26)18-24-10-12-25(13-11-24)31(33)34/h2-4,6-7,9-14,26H,5,8,15-21H2,1H3/t26-/m0/s1. The van der Waals surface area contributed by atoms with Crippen LogP contribution >= 0.6 is 0 Å². The minimum atomic E-state index is -0.404. The molecule has 3 aromatic rings. The van der Waals surface area contributed by atoms with Crippen LogP contribution in [-0.2, 0) is 29.0 Å². The maximum atomic E-state index is 13.6. The minimum absolute atomic E-state index is 0.0138.